The smallest absolute Gasteiger partial charge is 0.251 e. The van der Waals surface area contributed by atoms with Crippen molar-refractivity contribution in [1.29, 1.82) is 0 Å². The van der Waals surface area contributed by atoms with E-state index in [0.717, 1.165) is 25.1 Å². The summed E-state index contributed by atoms with van der Waals surface area (Å²) in [6, 6.07) is 13.7. The molecule has 1 unspecified atom stereocenters. The van der Waals surface area contributed by atoms with E-state index in [2.05, 4.69) is 41.8 Å². The monoisotopic (exact) mass is 383 g/mol. The Morgan fingerprint density at radius 3 is 2.54 bits per heavy atom. The lowest BCUT2D eigenvalue weighted by atomic mass is 10.0. The minimum atomic E-state index is -0.386. The number of aryl methyl sites for hydroxylation is 1. The normalized spacial score (nSPS) is 16.6. The largest absolute Gasteiger partial charge is 0.352 e. The Morgan fingerprint density at radius 2 is 1.86 bits per heavy atom. The van der Waals surface area contributed by atoms with Gasteiger partial charge < -0.3 is 15.5 Å². The zero-order chi connectivity index (χ0) is 19.9. The van der Waals surface area contributed by atoms with Gasteiger partial charge in [-0.15, -0.1) is 0 Å². The van der Waals surface area contributed by atoms with Gasteiger partial charge in [-0.05, 0) is 41.8 Å². The first-order valence-corrected chi connectivity index (χ1v) is 9.71. The third-order valence-corrected chi connectivity index (χ3v) is 5.07. The molecule has 5 nitrogen and oxygen atoms in total. The van der Waals surface area contributed by atoms with Crippen LogP contribution in [0.25, 0.3) is 0 Å². The van der Waals surface area contributed by atoms with Gasteiger partial charge in [-0.25, -0.2) is 4.39 Å². The van der Waals surface area contributed by atoms with Crippen LogP contribution in [0.5, 0.6) is 0 Å². The number of hydrogen-bond acceptors (Lipinski definition) is 3. The van der Waals surface area contributed by atoms with Crippen molar-refractivity contribution in [3.8, 4) is 0 Å². The number of halogens is 1. The Hall–Kier alpha value is -2.73. The molecule has 1 saturated heterocycles. The molecule has 0 saturated carbocycles. The lowest BCUT2D eigenvalue weighted by Gasteiger charge is -2.36. The number of piperazine rings is 1. The summed E-state index contributed by atoms with van der Waals surface area (Å²) < 4.78 is 12.9. The highest BCUT2D eigenvalue weighted by Crippen LogP contribution is 2.23. The van der Waals surface area contributed by atoms with Crippen molar-refractivity contribution in [2.45, 2.75) is 25.8 Å². The Kier molecular flexibility index (Phi) is 6.76. The van der Waals surface area contributed by atoms with Crippen molar-refractivity contribution in [3.63, 3.8) is 0 Å². The molecule has 1 fully saturated rings. The fourth-order valence-electron chi connectivity index (χ4n) is 3.41. The molecule has 2 amide bonds. The molecular weight excluding hydrogens is 357 g/mol. The van der Waals surface area contributed by atoms with Gasteiger partial charge in [0.1, 0.15) is 5.82 Å². The maximum Gasteiger partial charge on any atom is 0.251 e. The van der Waals surface area contributed by atoms with E-state index < -0.39 is 0 Å². The molecule has 1 atom stereocenters. The van der Waals surface area contributed by atoms with Crippen molar-refractivity contribution < 1.29 is 14.0 Å². The van der Waals surface area contributed by atoms with Crippen LogP contribution in [0.15, 0.2) is 48.5 Å². The molecule has 0 aliphatic carbocycles. The maximum atomic E-state index is 12.9. The number of nitrogens with zero attached hydrogens (tertiary/aromatic N) is 1. The Bertz CT molecular complexity index is 806. The number of benzene rings is 2. The summed E-state index contributed by atoms with van der Waals surface area (Å²) in [7, 11) is 0. The zero-order valence-electron chi connectivity index (χ0n) is 16.1. The Labute approximate surface area is 164 Å². The van der Waals surface area contributed by atoms with Crippen LogP contribution in [0.3, 0.4) is 0 Å². The number of nitrogens with one attached hydrogen (secondary N) is 2. The molecule has 2 aromatic rings. The van der Waals surface area contributed by atoms with E-state index in [1.54, 1.807) is 0 Å². The van der Waals surface area contributed by atoms with E-state index >= 15 is 0 Å². The maximum absolute atomic E-state index is 12.9. The lowest BCUT2D eigenvalue weighted by Crippen LogP contribution is -2.49. The second-order valence-electron chi connectivity index (χ2n) is 6.91. The average molecular weight is 383 g/mol. The fraction of sp³-hybridized carbons (Fsp3) is 0.364. The molecule has 0 aromatic heterocycles. The molecule has 1 aliphatic heterocycles. The predicted octanol–water partition coefficient (Wildman–Crippen LogP) is 2.68. The number of rotatable bonds is 6. The average Bonchev–Trinajstić information content (AvgIpc) is 2.74. The first kappa shape index (κ1) is 20.0. The third-order valence-electron chi connectivity index (χ3n) is 5.07. The molecule has 6 heteroatoms. The third kappa shape index (κ3) is 4.95. The summed E-state index contributed by atoms with van der Waals surface area (Å²) in [6.45, 7) is 4.50. The highest BCUT2D eigenvalue weighted by Gasteiger charge is 2.27. The summed E-state index contributed by atoms with van der Waals surface area (Å²) in [6.07, 6.45) is 1.22. The number of carbonyl (C=O) groups excluding carboxylic acids is 2. The molecule has 0 bridgehead atoms. The second-order valence-corrected chi connectivity index (χ2v) is 6.91. The lowest BCUT2D eigenvalue weighted by molar-refractivity contribution is -0.134. The first-order valence-electron chi connectivity index (χ1n) is 9.71. The van der Waals surface area contributed by atoms with Crippen molar-refractivity contribution in [3.05, 3.63) is 71.0 Å². The summed E-state index contributed by atoms with van der Waals surface area (Å²) in [5.74, 6) is -0.672. The molecule has 1 heterocycles. The molecule has 2 aromatic carbocycles. The van der Waals surface area contributed by atoms with Gasteiger partial charge in [0.05, 0.1) is 6.04 Å². The van der Waals surface area contributed by atoms with Crippen molar-refractivity contribution in [1.82, 2.24) is 15.5 Å². The van der Waals surface area contributed by atoms with Crippen molar-refractivity contribution in [2.75, 3.05) is 26.2 Å². The van der Waals surface area contributed by atoms with E-state index in [1.165, 1.54) is 29.8 Å². The van der Waals surface area contributed by atoms with Gasteiger partial charge in [-0.1, -0.05) is 31.2 Å². The van der Waals surface area contributed by atoms with Gasteiger partial charge in [0.2, 0.25) is 5.91 Å². The number of carbonyl (C=O) groups is 2. The van der Waals surface area contributed by atoms with Crippen LogP contribution in [0.1, 0.15) is 40.9 Å². The number of amides is 2. The summed E-state index contributed by atoms with van der Waals surface area (Å²) >= 11 is 0. The highest BCUT2D eigenvalue weighted by atomic mass is 19.1. The van der Waals surface area contributed by atoms with Crippen LogP contribution in [-0.2, 0) is 11.2 Å². The minimum absolute atomic E-state index is 0.0000406. The fourth-order valence-corrected chi connectivity index (χ4v) is 3.41. The Morgan fingerprint density at radius 1 is 1.14 bits per heavy atom. The van der Waals surface area contributed by atoms with Gasteiger partial charge in [0.15, 0.2) is 0 Å². The minimum Gasteiger partial charge on any atom is -0.352 e. The number of hydrogen-bond donors (Lipinski definition) is 2. The van der Waals surface area contributed by atoms with Gasteiger partial charge >= 0.3 is 0 Å². The summed E-state index contributed by atoms with van der Waals surface area (Å²) in [5.41, 5.74) is 2.77. The van der Waals surface area contributed by atoms with E-state index in [1.807, 2.05) is 4.90 Å². The van der Waals surface area contributed by atoms with Crippen LogP contribution in [0.2, 0.25) is 0 Å². The standard InChI is InChI=1S/C22H26FN3O2/c1-2-16-3-5-17(6-4-16)20-15-24-13-14-26(20)21(27)11-12-25-22(28)18-7-9-19(23)10-8-18/h3-10,20,24H,2,11-15H2,1H3,(H,25,28). The second kappa shape index (κ2) is 9.46. The molecule has 1 aliphatic rings. The molecule has 3 rings (SSSR count). The Balaban J connectivity index is 1.56. The SMILES string of the molecule is CCc1ccc(C2CNCCN2C(=O)CCNC(=O)c2ccc(F)cc2)cc1. The van der Waals surface area contributed by atoms with Gasteiger partial charge in [-0.3, -0.25) is 9.59 Å². The van der Waals surface area contributed by atoms with Crippen LogP contribution in [0.4, 0.5) is 4.39 Å². The molecule has 0 radical (unpaired) electrons. The highest BCUT2D eigenvalue weighted by molar-refractivity contribution is 5.94. The molecular formula is C22H26FN3O2. The molecule has 28 heavy (non-hydrogen) atoms. The predicted molar refractivity (Wildman–Crippen MR) is 106 cm³/mol. The van der Waals surface area contributed by atoms with Crippen LogP contribution in [-0.4, -0.2) is 42.9 Å². The molecule has 0 spiro atoms. The van der Waals surface area contributed by atoms with Crippen molar-refractivity contribution >= 4 is 11.8 Å². The van der Waals surface area contributed by atoms with Crippen LogP contribution < -0.4 is 10.6 Å². The van der Waals surface area contributed by atoms with Gasteiger partial charge in [-0.2, -0.15) is 0 Å². The van der Waals surface area contributed by atoms with Gasteiger partial charge in [0, 0.05) is 38.2 Å². The van der Waals surface area contributed by atoms with E-state index in [4.69, 9.17) is 0 Å². The van der Waals surface area contributed by atoms with E-state index in [9.17, 15) is 14.0 Å². The van der Waals surface area contributed by atoms with Crippen LogP contribution in [0, 0.1) is 5.82 Å². The molecule has 148 valence electrons. The van der Waals surface area contributed by atoms with E-state index in [0.29, 0.717) is 12.1 Å². The quantitative estimate of drug-likeness (QED) is 0.806. The summed E-state index contributed by atoms with van der Waals surface area (Å²) in [5, 5.41) is 6.09. The molecule has 2 N–H and O–H groups in total. The first-order chi connectivity index (χ1) is 13.6. The van der Waals surface area contributed by atoms with E-state index in [-0.39, 0.29) is 36.6 Å². The van der Waals surface area contributed by atoms with Crippen LogP contribution >= 0.6 is 0 Å². The van der Waals surface area contributed by atoms with Gasteiger partial charge in [0.25, 0.3) is 5.91 Å². The van der Waals surface area contributed by atoms with Crippen molar-refractivity contribution in [2.24, 2.45) is 0 Å². The summed E-state index contributed by atoms with van der Waals surface area (Å²) in [4.78, 5) is 26.7. The topological polar surface area (TPSA) is 61.4 Å². The zero-order valence-corrected chi connectivity index (χ0v) is 16.1.